The minimum atomic E-state index is -1.87. The number of carbonyl (C=O) groups excluding carboxylic acids is 3. The van der Waals surface area contributed by atoms with Gasteiger partial charge in [-0.3, -0.25) is 14.4 Å². The molecule has 404 valence electrons. The molecule has 0 aromatic heterocycles. The molecule has 1 spiro atoms. The molecule has 4 saturated heterocycles. The number of allylic oxidation sites excluding steroid dienone is 2. The standard InChI is InChI=1S/C55H84N2O15/c1-13-15-23-56-52(61)54(57-37(10)58)36(9)67-45(27-43(54)64-12)70-49-35(8)66-44(26-42(49)63-11)69-47-31(4)17-16-18-38-29-65-50-46(59)34(7)24-41(55(38,50)62)51(60)68-40-25-39(20-19-32(47)5)71-53(28-40)22-21-33(6)48(72-53)30(3)14-2/h16-19,21-22,24,30-31,33,35-36,39-50,59,62H,13-15,20,23,25-29H2,1-12H3,(H,56,61)(H,57,58)/b17-16+,32-19+,38-18+/t30?,31?,33-,35-,36-,39+,40-,41-,42-,43-,44-,45-,46+,47-,48+,49-,50+,53+,54-,55+/m0/s1. The molecule has 2 bridgehead atoms. The first kappa shape index (κ1) is 56.4. The maximum Gasteiger partial charge on any atom is 0.316 e. The van der Waals surface area contributed by atoms with Crippen molar-refractivity contribution in [2.45, 2.75) is 217 Å². The molecule has 4 N–H and O–H groups in total. The van der Waals surface area contributed by atoms with Crippen LogP contribution >= 0.6 is 0 Å². The van der Waals surface area contributed by atoms with Crippen LogP contribution in [0.2, 0.25) is 0 Å². The van der Waals surface area contributed by atoms with Gasteiger partial charge in [0.05, 0.1) is 49.3 Å². The molecule has 2 unspecified atom stereocenters. The van der Waals surface area contributed by atoms with E-state index in [0.29, 0.717) is 37.0 Å². The first-order chi connectivity index (χ1) is 34.2. The zero-order chi connectivity index (χ0) is 52.3. The number of hydrogen-bond acceptors (Lipinski definition) is 15. The van der Waals surface area contributed by atoms with Gasteiger partial charge in [-0.1, -0.05) is 83.9 Å². The van der Waals surface area contributed by atoms with Gasteiger partial charge in [-0.25, -0.2) is 0 Å². The Bertz CT molecular complexity index is 2080. The third-order valence-electron chi connectivity index (χ3n) is 16.3. The summed E-state index contributed by atoms with van der Waals surface area (Å²) in [4.78, 5) is 40.8. The third kappa shape index (κ3) is 11.6. The Morgan fingerprint density at radius 3 is 2.39 bits per heavy atom. The minimum Gasteiger partial charge on any atom is -0.462 e. The Kier molecular flexibility index (Phi) is 18.6. The van der Waals surface area contributed by atoms with E-state index in [1.807, 2.05) is 45.9 Å². The van der Waals surface area contributed by atoms with Gasteiger partial charge in [0.2, 0.25) is 5.91 Å². The average Bonchev–Trinajstić information content (AvgIpc) is 3.68. The lowest BCUT2D eigenvalue weighted by atomic mass is 9.71. The van der Waals surface area contributed by atoms with Crippen LogP contribution in [0.4, 0.5) is 0 Å². The van der Waals surface area contributed by atoms with Crippen LogP contribution < -0.4 is 10.6 Å². The van der Waals surface area contributed by atoms with Crippen LogP contribution in [0.15, 0.2) is 59.3 Å². The van der Waals surface area contributed by atoms with E-state index in [-0.39, 0.29) is 55.1 Å². The Balaban J connectivity index is 1.14. The fourth-order valence-electron chi connectivity index (χ4n) is 12.0. The smallest absolute Gasteiger partial charge is 0.316 e. The Morgan fingerprint density at radius 1 is 0.944 bits per heavy atom. The summed E-state index contributed by atoms with van der Waals surface area (Å²) in [5, 5.41) is 29.7. The second-order valence-corrected chi connectivity index (χ2v) is 21.5. The van der Waals surface area contributed by atoms with Gasteiger partial charge >= 0.3 is 5.97 Å². The van der Waals surface area contributed by atoms with E-state index < -0.39 is 102 Å². The number of nitrogens with one attached hydrogen (secondary N) is 2. The average molecular weight is 1010 g/mol. The molecule has 7 rings (SSSR count). The zero-order valence-electron chi connectivity index (χ0n) is 44.6. The van der Waals surface area contributed by atoms with Gasteiger partial charge in [0.1, 0.15) is 35.9 Å². The summed E-state index contributed by atoms with van der Waals surface area (Å²) in [6.45, 7) is 19.7. The highest BCUT2D eigenvalue weighted by molar-refractivity contribution is 5.92. The summed E-state index contributed by atoms with van der Waals surface area (Å²) in [5.41, 5.74) is -1.45. The van der Waals surface area contributed by atoms with Crippen LogP contribution in [0.5, 0.6) is 0 Å². The van der Waals surface area contributed by atoms with Crippen molar-refractivity contribution in [1.82, 2.24) is 10.6 Å². The van der Waals surface area contributed by atoms with Crippen LogP contribution in [0.25, 0.3) is 0 Å². The molecule has 72 heavy (non-hydrogen) atoms. The maximum atomic E-state index is 14.4. The monoisotopic (exact) mass is 1010 g/mol. The molecular formula is C55H84N2O15. The van der Waals surface area contributed by atoms with Crippen molar-refractivity contribution in [1.29, 1.82) is 0 Å². The highest BCUT2D eigenvalue weighted by atomic mass is 16.7. The molecule has 7 aliphatic rings. The molecule has 4 fully saturated rings. The van der Waals surface area contributed by atoms with Gasteiger partial charge in [-0.05, 0) is 69.2 Å². The summed E-state index contributed by atoms with van der Waals surface area (Å²) in [7, 11) is 3.13. The molecule has 17 nitrogen and oxygen atoms in total. The number of fused-ring (bicyclic) bond motifs is 2. The third-order valence-corrected chi connectivity index (χ3v) is 16.3. The molecule has 1 aliphatic carbocycles. The molecule has 2 amide bonds. The number of rotatable bonds is 13. The zero-order valence-corrected chi connectivity index (χ0v) is 44.6. The number of carbonyl (C=O) groups is 3. The van der Waals surface area contributed by atoms with E-state index in [4.69, 9.17) is 47.4 Å². The Hall–Kier alpha value is -3.33. The quantitative estimate of drug-likeness (QED) is 0.0976. The van der Waals surface area contributed by atoms with E-state index in [1.165, 1.54) is 14.0 Å². The minimum absolute atomic E-state index is 0.00785. The molecule has 0 radical (unpaired) electrons. The van der Waals surface area contributed by atoms with Crippen LogP contribution in [0, 0.1) is 23.7 Å². The molecule has 0 aromatic carbocycles. The van der Waals surface area contributed by atoms with E-state index >= 15 is 0 Å². The van der Waals surface area contributed by atoms with Gasteiger partial charge in [0, 0.05) is 65.2 Å². The number of hydrogen-bond donors (Lipinski definition) is 4. The van der Waals surface area contributed by atoms with Crippen molar-refractivity contribution >= 4 is 17.8 Å². The fraction of sp³-hybridized carbons (Fsp3) is 0.764. The van der Waals surface area contributed by atoms with E-state index in [1.54, 1.807) is 33.1 Å². The second kappa shape index (κ2) is 23.7. The normalized spacial score (nSPS) is 44.8. The van der Waals surface area contributed by atoms with E-state index in [2.05, 4.69) is 43.6 Å². The number of aliphatic hydroxyl groups is 2. The van der Waals surface area contributed by atoms with Crippen LogP contribution in [0.1, 0.15) is 121 Å². The molecule has 0 aromatic rings. The predicted octanol–water partition coefficient (Wildman–Crippen LogP) is 5.81. The lowest BCUT2D eigenvalue weighted by molar-refractivity contribution is -0.316. The van der Waals surface area contributed by atoms with Crippen molar-refractivity contribution in [2.24, 2.45) is 23.7 Å². The Morgan fingerprint density at radius 2 is 1.69 bits per heavy atom. The molecule has 17 heteroatoms. The molecular weight excluding hydrogens is 929 g/mol. The Labute approximate surface area is 426 Å². The van der Waals surface area contributed by atoms with Crippen molar-refractivity contribution in [3.8, 4) is 0 Å². The number of aliphatic hydroxyl groups excluding tert-OH is 1. The first-order valence-corrected chi connectivity index (χ1v) is 26.5. The molecule has 6 aliphatic heterocycles. The summed E-state index contributed by atoms with van der Waals surface area (Å²) >= 11 is 0. The van der Waals surface area contributed by atoms with Gasteiger partial charge < -0.3 is 68.2 Å². The second-order valence-electron chi connectivity index (χ2n) is 21.5. The van der Waals surface area contributed by atoms with Crippen LogP contribution in [-0.2, 0) is 61.8 Å². The number of methoxy groups -OCH3 is 2. The largest absolute Gasteiger partial charge is 0.462 e. The number of amides is 2. The summed E-state index contributed by atoms with van der Waals surface area (Å²) in [6.07, 6.45) is 8.95. The predicted molar refractivity (Wildman–Crippen MR) is 266 cm³/mol. The fourth-order valence-corrected chi connectivity index (χ4v) is 12.0. The molecule has 20 atom stereocenters. The van der Waals surface area contributed by atoms with E-state index in [0.717, 1.165) is 24.8 Å². The number of unbranched alkanes of at least 4 members (excludes halogenated alkanes) is 1. The molecule has 0 saturated carbocycles. The van der Waals surface area contributed by atoms with Crippen LogP contribution in [0.3, 0.4) is 0 Å². The number of ether oxygens (including phenoxy) is 10. The van der Waals surface area contributed by atoms with Crippen LogP contribution in [-0.4, -0.2) is 152 Å². The van der Waals surface area contributed by atoms with Gasteiger partial charge in [-0.2, -0.15) is 0 Å². The summed E-state index contributed by atoms with van der Waals surface area (Å²) in [5.74, 6) is -3.49. The lowest BCUT2D eigenvalue weighted by Crippen LogP contribution is -2.74. The van der Waals surface area contributed by atoms with Crippen molar-refractivity contribution in [3.05, 3.63) is 59.3 Å². The highest BCUT2D eigenvalue weighted by Crippen LogP contribution is 2.47. The lowest BCUT2D eigenvalue weighted by Gasteiger charge is -2.49. The van der Waals surface area contributed by atoms with Gasteiger partial charge in [0.15, 0.2) is 23.9 Å². The SMILES string of the molecule is CCCCNC(=O)[C@]1(NC(C)=O)[C@H](C)O[C@@H](O[C@H]2[C@H](C)O[C@@H](O[C@@H]3/C(C)=C/C[C@@H]4C[C@@H](C[C@]5(C=C[C@H](C)[C@@H](C(C)CC)O5)O4)OC(=O)[C@@H]4C=C(C)[C@@H](O)[C@H]5OC/C(=C\C=C\C3C)[C@]54O)C[C@@H]2OC)C[C@@H]1OC. The topological polar surface area (TPSA) is 208 Å². The van der Waals surface area contributed by atoms with Gasteiger partial charge in [0.25, 0.3) is 5.91 Å². The van der Waals surface area contributed by atoms with Gasteiger partial charge in [-0.15, -0.1) is 0 Å². The van der Waals surface area contributed by atoms with Crippen molar-refractivity contribution < 1.29 is 72.0 Å². The molecule has 6 heterocycles. The maximum absolute atomic E-state index is 14.4. The number of esters is 1. The van der Waals surface area contributed by atoms with E-state index in [9.17, 15) is 24.6 Å². The highest BCUT2D eigenvalue weighted by Gasteiger charge is 2.61. The summed E-state index contributed by atoms with van der Waals surface area (Å²) < 4.78 is 65.0. The van der Waals surface area contributed by atoms with Crippen molar-refractivity contribution in [3.63, 3.8) is 0 Å². The first-order valence-electron chi connectivity index (χ1n) is 26.5. The van der Waals surface area contributed by atoms with Crippen molar-refractivity contribution in [2.75, 3.05) is 27.4 Å². The summed E-state index contributed by atoms with van der Waals surface area (Å²) in [6, 6.07) is 0.